The molecular formula is C16H17ClF2N2. The third-order valence-corrected chi connectivity index (χ3v) is 3.55. The molecule has 0 bridgehead atoms. The van der Waals surface area contributed by atoms with Gasteiger partial charge in [-0.15, -0.1) is 0 Å². The van der Waals surface area contributed by atoms with Crippen molar-refractivity contribution in [3.8, 4) is 0 Å². The molecule has 1 aromatic heterocycles. The second-order valence-corrected chi connectivity index (χ2v) is 5.22. The summed E-state index contributed by atoms with van der Waals surface area (Å²) in [6, 6.07) is 6.89. The van der Waals surface area contributed by atoms with Crippen LogP contribution in [0.25, 0.3) is 0 Å². The molecule has 0 fully saturated rings. The molecular weight excluding hydrogens is 294 g/mol. The third-order valence-electron chi connectivity index (χ3n) is 3.20. The van der Waals surface area contributed by atoms with Gasteiger partial charge >= 0.3 is 0 Å². The molecule has 112 valence electrons. The molecule has 0 aliphatic heterocycles. The van der Waals surface area contributed by atoms with Crippen LogP contribution in [0.2, 0.25) is 5.02 Å². The molecule has 5 heteroatoms. The highest BCUT2D eigenvalue weighted by Gasteiger charge is 2.18. The minimum atomic E-state index is -0.383. The molecule has 2 nitrogen and oxygen atoms in total. The summed E-state index contributed by atoms with van der Waals surface area (Å²) in [5.74, 6) is -0.741. The number of halogens is 3. The van der Waals surface area contributed by atoms with Crippen LogP contribution < -0.4 is 5.32 Å². The first-order valence-electron chi connectivity index (χ1n) is 6.89. The number of pyridine rings is 1. The molecule has 0 saturated heterocycles. The molecule has 0 aliphatic carbocycles. The molecule has 0 saturated carbocycles. The Morgan fingerprint density at radius 1 is 1.29 bits per heavy atom. The van der Waals surface area contributed by atoms with E-state index in [1.54, 1.807) is 18.3 Å². The van der Waals surface area contributed by atoms with Gasteiger partial charge in [0.1, 0.15) is 11.6 Å². The summed E-state index contributed by atoms with van der Waals surface area (Å²) in [6.45, 7) is 2.77. The van der Waals surface area contributed by atoms with E-state index in [2.05, 4.69) is 10.3 Å². The van der Waals surface area contributed by atoms with Gasteiger partial charge in [-0.2, -0.15) is 0 Å². The van der Waals surface area contributed by atoms with Crippen molar-refractivity contribution in [3.05, 3.63) is 64.4 Å². The monoisotopic (exact) mass is 310 g/mol. The summed E-state index contributed by atoms with van der Waals surface area (Å²) in [4.78, 5) is 4.12. The van der Waals surface area contributed by atoms with Gasteiger partial charge in [0.25, 0.3) is 0 Å². The van der Waals surface area contributed by atoms with Crippen LogP contribution in [0.5, 0.6) is 0 Å². The summed E-state index contributed by atoms with van der Waals surface area (Å²) in [5.41, 5.74) is 1.11. The van der Waals surface area contributed by atoms with Crippen molar-refractivity contribution in [1.29, 1.82) is 0 Å². The first-order valence-corrected chi connectivity index (χ1v) is 7.27. The quantitative estimate of drug-likeness (QED) is 0.860. The summed E-state index contributed by atoms with van der Waals surface area (Å²) in [7, 11) is 0. The fraction of sp³-hybridized carbons (Fsp3) is 0.312. The lowest BCUT2D eigenvalue weighted by molar-refractivity contribution is 0.482. The van der Waals surface area contributed by atoms with Gasteiger partial charge in [-0.3, -0.25) is 4.98 Å². The van der Waals surface area contributed by atoms with Crippen molar-refractivity contribution in [2.45, 2.75) is 25.8 Å². The molecule has 0 radical (unpaired) electrons. The third kappa shape index (κ3) is 4.22. The highest BCUT2D eigenvalue weighted by molar-refractivity contribution is 6.31. The van der Waals surface area contributed by atoms with Crippen molar-refractivity contribution in [2.24, 2.45) is 0 Å². The van der Waals surface area contributed by atoms with Gasteiger partial charge in [-0.05, 0) is 49.2 Å². The summed E-state index contributed by atoms with van der Waals surface area (Å²) in [5, 5.41) is 3.60. The van der Waals surface area contributed by atoms with Crippen molar-refractivity contribution in [3.63, 3.8) is 0 Å². The number of nitrogens with one attached hydrogen (secondary N) is 1. The number of hydrogen-bond acceptors (Lipinski definition) is 2. The lowest BCUT2D eigenvalue weighted by Crippen LogP contribution is -2.26. The van der Waals surface area contributed by atoms with E-state index < -0.39 is 0 Å². The summed E-state index contributed by atoms with van der Waals surface area (Å²) < 4.78 is 27.0. The number of benzene rings is 1. The normalized spacial score (nSPS) is 12.4. The second-order valence-electron chi connectivity index (χ2n) is 4.82. The van der Waals surface area contributed by atoms with E-state index >= 15 is 0 Å². The van der Waals surface area contributed by atoms with E-state index in [0.29, 0.717) is 17.1 Å². The van der Waals surface area contributed by atoms with Crippen LogP contribution in [0.3, 0.4) is 0 Å². The fourth-order valence-electron chi connectivity index (χ4n) is 2.15. The predicted molar refractivity (Wildman–Crippen MR) is 80.3 cm³/mol. The number of hydrogen-bond donors (Lipinski definition) is 1. The molecule has 21 heavy (non-hydrogen) atoms. The van der Waals surface area contributed by atoms with E-state index in [0.717, 1.165) is 18.5 Å². The lowest BCUT2D eigenvalue weighted by atomic mass is 10.0. The maximum Gasteiger partial charge on any atom is 0.146 e. The van der Waals surface area contributed by atoms with Crippen LogP contribution >= 0.6 is 11.6 Å². The van der Waals surface area contributed by atoms with Crippen molar-refractivity contribution < 1.29 is 8.78 Å². The molecule has 1 heterocycles. The van der Waals surface area contributed by atoms with Crippen molar-refractivity contribution in [1.82, 2.24) is 10.3 Å². The minimum Gasteiger partial charge on any atom is -0.308 e. The molecule has 0 spiro atoms. The standard InChI is InChI=1S/C16H17ClF2N2/c1-2-7-20-15(16-14(19)4-3-8-21-16)9-11-5-6-12(18)10-13(11)17/h3-6,8,10,15,20H,2,7,9H2,1H3. The van der Waals surface area contributed by atoms with Gasteiger partial charge in [0, 0.05) is 11.2 Å². The maximum atomic E-state index is 13.9. The van der Waals surface area contributed by atoms with E-state index in [9.17, 15) is 8.78 Å². The maximum absolute atomic E-state index is 13.9. The largest absolute Gasteiger partial charge is 0.308 e. The topological polar surface area (TPSA) is 24.9 Å². The first-order chi connectivity index (χ1) is 10.1. The Labute approximate surface area is 128 Å². The van der Waals surface area contributed by atoms with Gasteiger partial charge in [-0.25, -0.2) is 8.78 Å². The lowest BCUT2D eigenvalue weighted by Gasteiger charge is -2.19. The first kappa shape index (κ1) is 15.9. The zero-order chi connectivity index (χ0) is 15.2. The van der Waals surface area contributed by atoms with E-state index in [4.69, 9.17) is 11.6 Å². The Bertz CT molecular complexity index is 605. The Morgan fingerprint density at radius 2 is 2.10 bits per heavy atom. The van der Waals surface area contributed by atoms with E-state index in [-0.39, 0.29) is 17.7 Å². The molecule has 1 atom stereocenters. The average molecular weight is 311 g/mol. The van der Waals surface area contributed by atoms with Crippen LogP contribution in [0.4, 0.5) is 8.78 Å². The highest BCUT2D eigenvalue weighted by atomic mass is 35.5. The van der Waals surface area contributed by atoms with Gasteiger partial charge in [0.15, 0.2) is 0 Å². The number of rotatable bonds is 6. The second kappa shape index (κ2) is 7.48. The summed E-state index contributed by atoms with van der Waals surface area (Å²) >= 11 is 6.05. The smallest absolute Gasteiger partial charge is 0.146 e. The van der Waals surface area contributed by atoms with Crippen LogP contribution in [0.1, 0.15) is 30.6 Å². The minimum absolute atomic E-state index is 0.297. The van der Waals surface area contributed by atoms with Crippen LogP contribution in [-0.2, 0) is 6.42 Å². The number of aromatic nitrogens is 1. The zero-order valence-corrected chi connectivity index (χ0v) is 12.5. The van der Waals surface area contributed by atoms with Gasteiger partial charge < -0.3 is 5.32 Å². The van der Waals surface area contributed by atoms with E-state index in [1.165, 1.54) is 18.2 Å². The average Bonchev–Trinajstić information content (AvgIpc) is 2.46. The van der Waals surface area contributed by atoms with Crippen LogP contribution in [-0.4, -0.2) is 11.5 Å². The Hall–Kier alpha value is -1.52. The molecule has 1 N–H and O–H groups in total. The van der Waals surface area contributed by atoms with Gasteiger partial charge in [-0.1, -0.05) is 24.6 Å². The molecule has 0 amide bonds. The van der Waals surface area contributed by atoms with Crippen LogP contribution in [0, 0.1) is 11.6 Å². The van der Waals surface area contributed by atoms with E-state index in [1.807, 2.05) is 6.92 Å². The molecule has 0 aliphatic rings. The Morgan fingerprint density at radius 3 is 2.76 bits per heavy atom. The van der Waals surface area contributed by atoms with Gasteiger partial charge in [0.05, 0.1) is 11.7 Å². The number of nitrogens with zero attached hydrogens (tertiary/aromatic N) is 1. The highest BCUT2D eigenvalue weighted by Crippen LogP contribution is 2.24. The van der Waals surface area contributed by atoms with Gasteiger partial charge in [0.2, 0.25) is 0 Å². The van der Waals surface area contributed by atoms with Crippen LogP contribution in [0.15, 0.2) is 36.5 Å². The Kier molecular flexibility index (Phi) is 5.65. The zero-order valence-electron chi connectivity index (χ0n) is 11.7. The molecule has 2 rings (SSSR count). The Balaban J connectivity index is 2.26. The SMILES string of the molecule is CCCNC(Cc1ccc(F)cc1Cl)c1ncccc1F. The van der Waals surface area contributed by atoms with Crippen molar-refractivity contribution >= 4 is 11.6 Å². The molecule has 1 unspecified atom stereocenters. The molecule has 1 aromatic carbocycles. The summed E-state index contributed by atoms with van der Waals surface area (Å²) in [6.07, 6.45) is 2.93. The van der Waals surface area contributed by atoms with Crippen molar-refractivity contribution in [2.75, 3.05) is 6.54 Å². The molecule has 2 aromatic rings. The predicted octanol–water partition coefficient (Wildman–Crippen LogP) is 4.30. The fourth-order valence-corrected chi connectivity index (χ4v) is 2.39.